The lowest BCUT2D eigenvalue weighted by Crippen LogP contribution is -2.47. The highest BCUT2D eigenvalue weighted by Crippen LogP contribution is 2.11. The predicted octanol–water partition coefficient (Wildman–Crippen LogP) is -1.87. The van der Waals surface area contributed by atoms with Gasteiger partial charge in [0.15, 0.2) is 0 Å². The number of amides is 1. The number of hydrogen-bond donors (Lipinski definition) is 5. The molecule has 14 nitrogen and oxygen atoms in total. The van der Waals surface area contributed by atoms with Crippen LogP contribution in [0.2, 0.25) is 0 Å². The van der Waals surface area contributed by atoms with Crippen molar-refractivity contribution in [2.45, 2.75) is 18.9 Å². The zero-order chi connectivity index (χ0) is 26.2. The summed E-state index contributed by atoms with van der Waals surface area (Å²) >= 11 is 1.34. The number of aliphatic carboxylic acids is 3. The normalized spacial score (nSPS) is 17.9. The highest BCUT2D eigenvalue weighted by molar-refractivity contribution is 8.14. The average Bonchev–Trinajstić information content (AvgIpc) is 2.87. The summed E-state index contributed by atoms with van der Waals surface area (Å²) in [6, 6.07) is -0.972. The van der Waals surface area contributed by atoms with E-state index in [2.05, 4.69) is 15.4 Å². The molecular weight excluding hydrogens is 482 g/mol. The Hall–Kier alpha value is -2.75. The van der Waals surface area contributed by atoms with Crippen LogP contribution in [0.4, 0.5) is 0 Å². The van der Waals surface area contributed by atoms with E-state index in [1.165, 1.54) is 18.0 Å². The minimum absolute atomic E-state index is 0.0187. The van der Waals surface area contributed by atoms with Gasteiger partial charge in [-0.1, -0.05) is 0 Å². The molecule has 15 heteroatoms. The third-order valence-corrected chi connectivity index (χ3v) is 5.96. The van der Waals surface area contributed by atoms with Crippen molar-refractivity contribution >= 4 is 46.8 Å². The number of carboxylic acid groups (broad SMARTS) is 3. The van der Waals surface area contributed by atoms with Crippen LogP contribution in [0, 0.1) is 0 Å². The molecule has 0 aliphatic carbocycles. The summed E-state index contributed by atoms with van der Waals surface area (Å²) in [5.74, 6) is 1.74. The zero-order valence-electron chi connectivity index (χ0n) is 19.8. The van der Waals surface area contributed by atoms with E-state index in [9.17, 15) is 24.3 Å². The highest BCUT2D eigenvalue weighted by Gasteiger charge is 2.28. The zero-order valence-corrected chi connectivity index (χ0v) is 20.7. The second kappa shape index (κ2) is 16.8. The van der Waals surface area contributed by atoms with Crippen molar-refractivity contribution in [3.63, 3.8) is 0 Å². The molecule has 198 valence electrons. The number of hydrazone groups is 1. The van der Waals surface area contributed by atoms with Crippen LogP contribution in [0.25, 0.3) is 0 Å². The number of thioether (sulfide) groups is 1. The Balaban J connectivity index is 2.71. The van der Waals surface area contributed by atoms with Crippen molar-refractivity contribution in [2.24, 2.45) is 15.9 Å². The maximum atomic E-state index is 12.2. The third-order valence-electron chi connectivity index (χ3n) is 5.33. The van der Waals surface area contributed by atoms with Crippen molar-refractivity contribution in [1.82, 2.24) is 20.0 Å². The summed E-state index contributed by atoms with van der Waals surface area (Å²) in [7, 11) is 0. The van der Waals surface area contributed by atoms with Gasteiger partial charge >= 0.3 is 17.9 Å². The summed E-state index contributed by atoms with van der Waals surface area (Å²) in [6.07, 6.45) is 3.34. The van der Waals surface area contributed by atoms with E-state index in [1.807, 2.05) is 0 Å². The fourth-order valence-corrected chi connectivity index (χ4v) is 3.81. The molecule has 0 saturated carbocycles. The summed E-state index contributed by atoms with van der Waals surface area (Å²) in [5, 5.41) is 34.9. The van der Waals surface area contributed by atoms with Crippen molar-refractivity contribution in [1.29, 1.82) is 0 Å². The molecule has 35 heavy (non-hydrogen) atoms. The second-order valence-corrected chi connectivity index (χ2v) is 8.65. The first kappa shape index (κ1) is 30.3. The average molecular weight is 518 g/mol. The first-order valence-electron chi connectivity index (χ1n) is 11.1. The molecule has 0 spiro atoms. The summed E-state index contributed by atoms with van der Waals surface area (Å²) < 4.78 is 0. The number of carbonyl (C=O) groups excluding carboxylic acids is 1. The van der Waals surface area contributed by atoms with Crippen molar-refractivity contribution in [3.05, 3.63) is 0 Å². The SMILES string of the molecule is CSC(C=NCCNC(=O)CCC(C(=O)O)N1CCN(CC(=O)O)CCN(CC(=O)O)CC1)=NN. The van der Waals surface area contributed by atoms with Crippen LogP contribution in [-0.4, -0.2) is 143 Å². The molecule has 0 aromatic heterocycles. The monoisotopic (exact) mass is 517 g/mol. The molecule has 1 rings (SSSR count). The smallest absolute Gasteiger partial charge is 0.320 e. The Kier molecular flexibility index (Phi) is 14.5. The van der Waals surface area contributed by atoms with Gasteiger partial charge in [-0.15, -0.1) is 11.8 Å². The molecule has 1 amide bonds. The lowest BCUT2D eigenvalue weighted by molar-refractivity contribution is -0.144. The number of hydrogen-bond acceptors (Lipinski definition) is 11. The Bertz CT molecular complexity index is 753. The van der Waals surface area contributed by atoms with Gasteiger partial charge in [-0.05, 0) is 12.7 Å². The van der Waals surface area contributed by atoms with Crippen LogP contribution < -0.4 is 11.2 Å². The Morgan fingerprint density at radius 3 is 2.00 bits per heavy atom. The van der Waals surface area contributed by atoms with Crippen LogP contribution in [0.3, 0.4) is 0 Å². The van der Waals surface area contributed by atoms with Crippen LogP contribution in [0.15, 0.2) is 10.1 Å². The van der Waals surface area contributed by atoms with E-state index in [0.717, 1.165) is 0 Å². The number of nitrogens with zero attached hydrogens (tertiary/aromatic N) is 5. The minimum Gasteiger partial charge on any atom is -0.480 e. The van der Waals surface area contributed by atoms with E-state index in [4.69, 9.17) is 16.1 Å². The van der Waals surface area contributed by atoms with Crippen molar-refractivity contribution in [3.8, 4) is 0 Å². The van der Waals surface area contributed by atoms with Crippen LogP contribution in [-0.2, 0) is 19.2 Å². The number of aliphatic imine (C=N–C) groups is 1. The molecule has 1 aliphatic rings. The van der Waals surface area contributed by atoms with Crippen molar-refractivity contribution < 1.29 is 34.5 Å². The molecule has 6 N–H and O–H groups in total. The van der Waals surface area contributed by atoms with Gasteiger partial charge in [0, 0.05) is 52.2 Å². The summed E-state index contributed by atoms with van der Waals surface area (Å²) in [5.41, 5.74) is 0. The largest absolute Gasteiger partial charge is 0.480 e. The molecule has 1 fully saturated rings. The lowest BCUT2D eigenvalue weighted by atomic mass is 10.1. The van der Waals surface area contributed by atoms with E-state index in [-0.39, 0.29) is 51.5 Å². The van der Waals surface area contributed by atoms with Crippen LogP contribution in [0.1, 0.15) is 12.8 Å². The Morgan fingerprint density at radius 2 is 1.54 bits per heavy atom. The van der Waals surface area contributed by atoms with Gasteiger partial charge in [-0.25, -0.2) is 0 Å². The molecule has 1 heterocycles. The topological polar surface area (TPSA) is 201 Å². The molecule has 1 aliphatic heterocycles. The van der Waals surface area contributed by atoms with Gasteiger partial charge in [0.1, 0.15) is 11.1 Å². The third kappa shape index (κ3) is 13.1. The lowest BCUT2D eigenvalue weighted by Gasteiger charge is -2.30. The van der Waals surface area contributed by atoms with Crippen LogP contribution >= 0.6 is 11.8 Å². The molecule has 0 aromatic rings. The quantitative estimate of drug-likeness (QED) is 0.0600. The Morgan fingerprint density at radius 1 is 1.00 bits per heavy atom. The summed E-state index contributed by atoms with van der Waals surface area (Å²) in [4.78, 5) is 55.7. The molecule has 0 radical (unpaired) electrons. The molecule has 1 unspecified atom stereocenters. The number of nitrogens with one attached hydrogen (secondary N) is 1. The fraction of sp³-hybridized carbons (Fsp3) is 0.700. The van der Waals surface area contributed by atoms with Gasteiger partial charge in [0.05, 0.1) is 25.8 Å². The van der Waals surface area contributed by atoms with Gasteiger partial charge in [-0.2, -0.15) is 5.10 Å². The highest BCUT2D eigenvalue weighted by atomic mass is 32.2. The minimum atomic E-state index is -1.10. The number of carboxylic acids is 3. The second-order valence-electron chi connectivity index (χ2n) is 7.83. The maximum absolute atomic E-state index is 12.2. The van der Waals surface area contributed by atoms with Gasteiger partial charge < -0.3 is 26.5 Å². The molecule has 1 saturated heterocycles. The molecule has 0 aromatic carbocycles. The number of rotatable bonds is 13. The summed E-state index contributed by atoms with van der Waals surface area (Å²) in [6.45, 7) is 2.02. The molecule has 0 bridgehead atoms. The maximum Gasteiger partial charge on any atom is 0.320 e. The molecular formula is C20H35N7O7S. The van der Waals surface area contributed by atoms with Gasteiger partial charge in [0.2, 0.25) is 5.91 Å². The Labute approximate surface area is 208 Å². The predicted molar refractivity (Wildman–Crippen MR) is 132 cm³/mol. The first-order chi connectivity index (χ1) is 16.7. The van der Waals surface area contributed by atoms with Gasteiger partial charge in [0.25, 0.3) is 0 Å². The van der Waals surface area contributed by atoms with E-state index in [0.29, 0.717) is 37.8 Å². The van der Waals surface area contributed by atoms with E-state index < -0.39 is 23.9 Å². The fourth-order valence-electron chi connectivity index (χ4n) is 3.53. The first-order valence-corrected chi connectivity index (χ1v) is 12.3. The number of carbonyl (C=O) groups is 4. The standard InChI is InChI=1S/C20H35N7O7S/c1-35-17(24-21)12-22-4-5-23-16(28)3-2-15(20(33)34)27-10-8-25(13-18(29)30)6-7-26(9-11-27)14-19(31)32/h12,15H,2-11,13-14,21H2,1H3,(H,23,28)(H,29,30)(H,31,32)(H,33,34). The van der Waals surface area contributed by atoms with Gasteiger partial charge in [-0.3, -0.25) is 38.9 Å². The molecule has 1 atom stereocenters. The van der Waals surface area contributed by atoms with Crippen molar-refractivity contribution in [2.75, 3.05) is 71.7 Å². The van der Waals surface area contributed by atoms with E-state index in [1.54, 1.807) is 21.0 Å². The number of nitrogens with two attached hydrogens (primary N) is 1. The van der Waals surface area contributed by atoms with E-state index >= 15 is 0 Å². The van der Waals surface area contributed by atoms with Crippen LogP contribution in [0.5, 0.6) is 0 Å².